The zero-order valence-corrected chi connectivity index (χ0v) is 56.6. The number of hydrogen-bond donors (Lipinski definition) is 26. The summed E-state index contributed by atoms with van der Waals surface area (Å²) < 4.78 is 84.7. The number of fused-ring (bicyclic) bond motifs is 1. The van der Waals surface area contributed by atoms with Gasteiger partial charge in [0.2, 0.25) is 5.43 Å². The number of carboxylic acids is 1. The summed E-state index contributed by atoms with van der Waals surface area (Å²) in [7, 11) is 0. The Morgan fingerprint density at radius 3 is 0.877 bits per heavy atom. The summed E-state index contributed by atoms with van der Waals surface area (Å²) in [5.74, 6) is -0.534. The molecule has 43 nitrogen and oxygen atoms in total. The van der Waals surface area contributed by atoms with E-state index in [0.717, 1.165) is 11.8 Å². The van der Waals surface area contributed by atoms with Crippen LogP contribution in [-0.2, 0) is 71.1 Å². The zero-order valence-electron chi connectivity index (χ0n) is 55.8. The quantitative estimate of drug-likeness (QED) is 0.0801. The second kappa shape index (κ2) is 37.6. The maximum absolute atomic E-state index is 12.4. The van der Waals surface area contributed by atoms with Crippen LogP contribution in [0.25, 0.3) is 22.1 Å². The van der Waals surface area contributed by atoms with Crippen molar-refractivity contribution in [2.24, 2.45) is 5.73 Å². The number of aromatic hydroxyl groups is 3. The first-order valence-electron chi connectivity index (χ1n) is 33.1. The first kappa shape index (κ1) is 85.4. The molecule has 21 aliphatic rings. The number of benzene rings is 2. The SMILES string of the molecule is CSCC[C@H](N)C(=O)O.O=c1c(-c2ccc(O)cc2)coc2cc(O)cc(O)c12.OC[C@H]1O[C@@H]2O[C@H]3[C@H](O)[C@@H](O)[C@@H](O[C@H]4[C@H](O)[C@@H](O)[C@@H](O[C@H]5[C@H](O)[C@@H](O)[C@@H](O[C@H]6[C@H](O)[C@@H](O)[C@@H](O[C@H]7[C@H](O)[C@@H](O)[C@@H](O[C@H]8[C@H](O)[C@@H](O)[C@@H](O[C@H]1[C@H](O)[C@H]2O)O[C@@H]8CO)O[C@@H]7CO)O[C@@H]6CO)O[C@@H]5CO)O[C@@H]4CO)O[C@@H]3CO. The van der Waals surface area contributed by atoms with Crippen molar-refractivity contribution in [3.05, 3.63) is 52.9 Å². The van der Waals surface area contributed by atoms with Gasteiger partial charge in [0, 0.05) is 12.1 Å². The summed E-state index contributed by atoms with van der Waals surface area (Å²) in [6.07, 6.45) is -66.5. The number of nitrogens with two attached hydrogens (primary N) is 1. The van der Waals surface area contributed by atoms with Crippen molar-refractivity contribution in [3.8, 4) is 28.4 Å². The van der Waals surface area contributed by atoms with Crippen LogP contribution in [0.4, 0.5) is 0 Å². The molecule has 0 amide bonds. The predicted octanol–water partition coefficient (Wildman–Crippen LogP) is -12.5. The highest BCUT2D eigenvalue weighted by atomic mass is 32.2. The number of carboxylic acid groups (broad SMARTS) is 1. The lowest BCUT2D eigenvalue weighted by Gasteiger charge is -2.50. The summed E-state index contributed by atoms with van der Waals surface area (Å²) >= 11 is 1.60. The highest BCUT2D eigenvalue weighted by Crippen LogP contribution is 2.40. The van der Waals surface area contributed by atoms with Crippen molar-refractivity contribution in [1.82, 2.24) is 0 Å². The maximum atomic E-state index is 12.4. The third-order valence-corrected chi connectivity index (χ3v) is 19.4. The van der Waals surface area contributed by atoms with E-state index < -0.39 is 279 Å². The molecule has 36 atom stereocenters. The third kappa shape index (κ3) is 18.5. The van der Waals surface area contributed by atoms with Gasteiger partial charge in [-0.3, -0.25) is 9.59 Å². The highest BCUT2D eigenvalue weighted by Gasteiger charge is 2.60. The fraction of sp³-hybridized carbons (Fsp3) is 0.742. The predicted molar refractivity (Wildman–Crippen MR) is 340 cm³/mol. The number of thioether (sulfide) groups is 1. The minimum absolute atomic E-state index is 0.00775. The van der Waals surface area contributed by atoms with Crippen LogP contribution in [0.15, 0.2) is 51.9 Å². The largest absolute Gasteiger partial charge is 0.508 e. The number of phenolic OH excluding ortho intramolecular Hbond substituents is 3. The molecule has 0 spiro atoms. The van der Waals surface area contributed by atoms with E-state index in [1.807, 2.05) is 6.26 Å². The van der Waals surface area contributed by atoms with Crippen LogP contribution in [0, 0.1) is 0 Å². The Morgan fingerprint density at radius 1 is 0.396 bits per heavy atom. The number of carbonyl (C=O) groups is 1. The first-order chi connectivity index (χ1) is 50.4. The minimum atomic E-state index is -2.21. The van der Waals surface area contributed by atoms with E-state index >= 15 is 0 Å². The molecule has 602 valence electrons. The van der Waals surface area contributed by atoms with Gasteiger partial charge in [0.05, 0.1) is 51.8 Å². The molecule has 0 unspecified atom stereocenters. The summed E-state index contributed by atoms with van der Waals surface area (Å²) in [4.78, 5) is 22.5. The van der Waals surface area contributed by atoms with E-state index in [9.17, 15) is 132 Å². The van der Waals surface area contributed by atoms with Gasteiger partial charge in [-0.25, -0.2) is 0 Å². The van der Waals surface area contributed by atoms with Crippen molar-refractivity contribution in [1.29, 1.82) is 0 Å². The Bertz CT molecular complexity index is 2930. The summed E-state index contributed by atoms with van der Waals surface area (Å²) in [5, 5.41) is 267. The second-order valence-corrected chi connectivity index (χ2v) is 26.7. The third-order valence-electron chi connectivity index (χ3n) is 18.8. The fourth-order valence-corrected chi connectivity index (χ4v) is 13.3. The molecular weight excluding hydrogens is 1460 g/mol. The van der Waals surface area contributed by atoms with Gasteiger partial charge in [-0.1, -0.05) is 12.1 Å². The number of hydrogen-bond acceptors (Lipinski definition) is 43. The first-order valence-corrected chi connectivity index (χ1v) is 34.5. The molecule has 21 saturated heterocycles. The molecule has 22 heterocycles. The van der Waals surface area contributed by atoms with E-state index in [1.54, 1.807) is 23.9 Å². The van der Waals surface area contributed by atoms with Gasteiger partial charge >= 0.3 is 5.97 Å². The average Bonchev–Trinajstić information content (AvgIpc) is 0.783. The lowest BCUT2D eigenvalue weighted by atomic mass is 9.95. The van der Waals surface area contributed by atoms with E-state index in [-0.39, 0.29) is 33.8 Å². The van der Waals surface area contributed by atoms with Crippen molar-refractivity contribution >= 4 is 28.7 Å². The zero-order chi connectivity index (χ0) is 77.6. The molecule has 0 aliphatic carbocycles. The smallest absolute Gasteiger partial charge is 0.320 e. The summed E-state index contributed by atoms with van der Waals surface area (Å²) in [6, 6.07) is 7.72. The molecule has 24 rings (SSSR count). The Hall–Kier alpha value is -4.57. The van der Waals surface area contributed by atoms with E-state index in [0.29, 0.717) is 12.0 Å². The molecule has 1 aromatic heterocycles. The van der Waals surface area contributed by atoms with Crippen LogP contribution in [0.5, 0.6) is 17.2 Å². The number of aliphatic hydroxyl groups is 21. The van der Waals surface area contributed by atoms with Gasteiger partial charge in [-0.2, -0.15) is 11.8 Å². The topological polar surface area (TPSA) is 708 Å². The fourth-order valence-electron chi connectivity index (χ4n) is 12.8. The van der Waals surface area contributed by atoms with Gasteiger partial charge in [-0.05, 0) is 36.1 Å². The van der Waals surface area contributed by atoms with Crippen molar-refractivity contribution in [2.45, 2.75) is 227 Å². The lowest BCUT2D eigenvalue weighted by Crippen LogP contribution is -2.68. The molecule has 3 aromatic rings. The number of aliphatic hydroxyl groups excluding tert-OH is 21. The van der Waals surface area contributed by atoms with Crippen LogP contribution in [0.1, 0.15) is 6.42 Å². The van der Waals surface area contributed by atoms with Crippen LogP contribution in [0.3, 0.4) is 0 Å². The molecule has 27 N–H and O–H groups in total. The Kier molecular flexibility index (Phi) is 30.3. The number of phenols is 3. The van der Waals surface area contributed by atoms with Gasteiger partial charge in [-0.15, -0.1) is 0 Å². The van der Waals surface area contributed by atoms with Crippen molar-refractivity contribution in [3.63, 3.8) is 0 Å². The molecule has 21 aliphatic heterocycles. The maximum Gasteiger partial charge on any atom is 0.320 e. The van der Waals surface area contributed by atoms with Gasteiger partial charge in [0.15, 0.2) is 44.0 Å². The van der Waals surface area contributed by atoms with Crippen LogP contribution in [-0.4, -0.2) is 413 Å². The second-order valence-electron chi connectivity index (χ2n) is 25.7. The van der Waals surface area contributed by atoms with Crippen molar-refractivity contribution < 1.29 is 203 Å². The molecule has 0 radical (unpaired) electrons. The van der Waals surface area contributed by atoms with E-state index in [1.165, 1.54) is 24.5 Å². The lowest BCUT2D eigenvalue weighted by molar-refractivity contribution is -0.396. The van der Waals surface area contributed by atoms with Gasteiger partial charge < -0.3 is 204 Å². The number of ether oxygens (including phenoxy) is 14. The van der Waals surface area contributed by atoms with E-state index in [2.05, 4.69) is 0 Å². The molecule has 0 saturated carbocycles. The van der Waals surface area contributed by atoms with Gasteiger partial charge in [0.1, 0.15) is 211 Å². The number of rotatable bonds is 12. The van der Waals surface area contributed by atoms with E-state index in [4.69, 9.17) is 81.6 Å². The molecule has 2 aromatic carbocycles. The molecule has 21 fully saturated rings. The monoisotopic (exact) mass is 1550 g/mol. The summed E-state index contributed by atoms with van der Waals surface area (Å²) in [6.45, 7) is -7.33. The van der Waals surface area contributed by atoms with Gasteiger partial charge in [0.25, 0.3) is 0 Å². The summed E-state index contributed by atoms with van der Waals surface area (Å²) in [5.41, 5.74) is 5.71. The molecule has 14 bridgehead atoms. The van der Waals surface area contributed by atoms with Crippen LogP contribution < -0.4 is 11.2 Å². The molecular formula is C62H91NO42S. The van der Waals surface area contributed by atoms with Crippen LogP contribution in [0.2, 0.25) is 0 Å². The number of aliphatic carboxylic acids is 1. The minimum Gasteiger partial charge on any atom is -0.508 e. The Morgan fingerprint density at radius 2 is 0.651 bits per heavy atom. The Balaban J connectivity index is 0.000000369. The normalized spacial score (nSPS) is 43.4. The highest BCUT2D eigenvalue weighted by molar-refractivity contribution is 7.98. The standard InChI is InChI=1S/C42H70O35.C15H10O5.C5H11NO2S/c43-1-8-29-15(50)22(57)36(64-8)72-30-9(2-44)66-38(24(59)17(30)52)74-32-11(4-46)68-40(26(61)19(32)54)76-34-13(6-48)70-42(28(63)21(34)56)77-35-14(7-49)69-41(27(62)20(35)55)75-33-12(5-47)67-39(25(60)18(33)53)73-31-10(3-45)65-37(71-29)23(58)16(31)51;16-9-3-1-8(2-4-9)11-7-20-13-6-10(17)5-12(18)14(13)15(11)19;1-9-3-2-4(6)5(7)8/h8-63H,1-7H2;1-7,16-18H;4H,2-3,6H2,1H3,(H,7,8)/t8-,9-,10-,11-,12-,13-,14-,15-,16-,17-,18-,19-,20-,21-,22-,23-,24-,25-,26-,27-,28-,29-,30-,31-,32-,33-,34-,35-,36-,37-,38-,39-,40-,41-,42-;;4-/m1.0/s1. The average molecular weight is 1550 g/mol. The Labute approximate surface area is 602 Å². The molecule has 44 heteroatoms. The van der Waals surface area contributed by atoms with Crippen molar-refractivity contribution in [2.75, 3.05) is 58.3 Å². The molecule has 106 heavy (non-hydrogen) atoms. The van der Waals surface area contributed by atoms with Crippen LogP contribution >= 0.6 is 11.8 Å².